The van der Waals surface area contributed by atoms with Gasteiger partial charge >= 0.3 is 5.97 Å². The Bertz CT molecular complexity index is 535. The van der Waals surface area contributed by atoms with Crippen LogP contribution in [0.4, 0.5) is 0 Å². The van der Waals surface area contributed by atoms with E-state index >= 15 is 0 Å². The molecule has 5 heteroatoms. The molecule has 2 aromatic rings. The van der Waals surface area contributed by atoms with Crippen molar-refractivity contribution in [3.05, 3.63) is 48.4 Å². The van der Waals surface area contributed by atoms with Crippen LogP contribution in [0, 0.1) is 0 Å². The third-order valence-electron chi connectivity index (χ3n) is 3.01. The number of esters is 1. The molecule has 0 aromatic carbocycles. The van der Waals surface area contributed by atoms with Gasteiger partial charge in [-0.3, -0.25) is 0 Å². The zero-order valence-corrected chi connectivity index (χ0v) is 11.7. The minimum absolute atomic E-state index is 0.0806. The van der Waals surface area contributed by atoms with Crippen LogP contribution >= 0.6 is 0 Å². The number of carbonyl (C=O) groups excluding carboxylic acids is 1. The van der Waals surface area contributed by atoms with Crippen LogP contribution in [0.1, 0.15) is 23.7 Å². The lowest BCUT2D eigenvalue weighted by Crippen LogP contribution is -2.13. The summed E-state index contributed by atoms with van der Waals surface area (Å²) >= 11 is 0. The number of hydrogen-bond donors (Lipinski definition) is 0. The number of aromatic nitrogens is 2. The average Bonchev–Trinajstić information content (AvgIpc) is 3.01. The first kappa shape index (κ1) is 14.3. The van der Waals surface area contributed by atoms with E-state index in [-0.39, 0.29) is 12.1 Å². The zero-order valence-electron chi connectivity index (χ0n) is 11.7. The van der Waals surface area contributed by atoms with Crippen molar-refractivity contribution in [1.29, 1.82) is 0 Å². The fraction of sp³-hybridized carbons (Fsp3) is 0.333. The summed E-state index contributed by atoms with van der Waals surface area (Å²) < 4.78 is 12.1. The second-order valence-corrected chi connectivity index (χ2v) is 4.47. The molecular weight excluding hydrogens is 256 g/mol. The minimum Gasteiger partial charge on any atom is -0.462 e. The molecule has 0 aliphatic heterocycles. The third-order valence-corrected chi connectivity index (χ3v) is 3.01. The summed E-state index contributed by atoms with van der Waals surface area (Å²) in [5, 5.41) is 0. The van der Waals surface area contributed by atoms with E-state index in [9.17, 15) is 4.79 Å². The largest absolute Gasteiger partial charge is 0.462 e. The number of methoxy groups -OCH3 is 1. The molecule has 0 aliphatic carbocycles. The zero-order chi connectivity index (χ0) is 14.4. The summed E-state index contributed by atoms with van der Waals surface area (Å²) in [6.45, 7) is 2.27. The van der Waals surface area contributed by atoms with Crippen molar-refractivity contribution in [2.45, 2.75) is 19.4 Å². The molecule has 0 aliphatic rings. The summed E-state index contributed by atoms with van der Waals surface area (Å²) in [6, 6.07) is 7.33. The molecule has 0 saturated carbocycles. The van der Waals surface area contributed by atoms with Gasteiger partial charge in [0.05, 0.1) is 18.3 Å². The Morgan fingerprint density at radius 2 is 2.10 bits per heavy atom. The van der Waals surface area contributed by atoms with E-state index in [1.807, 2.05) is 36.0 Å². The summed E-state index contributed by atoms with van der Waals surface area (Å²) in [5.41, 5.74) is 0.450. The Kier molecular flexibility index (Phi) is 4.90. The number of ether oxygens (including phenoxy) is 2. The Hall–Kier alpha value is -2.14. The van der Waals surface area contributed by atoms with Crippen LogP contribution in [0.2, 0.25) is 0 Å². The highest BCUT2D eigenvalue weighted by Crippen LogP contribution is 2.08. The van der Waals surface area contributed by atoms with Crippen molar-refractivity contribution in [2.75, 3.05) is 13.7 Å². The number of nitrogens with zero attached hydrogens (tertiary/aromatic N) is 2. The molecule has 0 bridgehead atoms. The van der Waals surface area contributed by atoms with Crippen LogP contribution in [-0.2, 0) is 9.47 Å². The van der Waals surface area contributed by atoms with Gasteiger partial charge < -0.3 is 14.0 Å². The predicted molar refractivity (Wildman–Crippen MR) is 74.9 cm³/mol. The highest BCUT2D eigenvalue weighted by Gasteiger charge is 2.09. The summed E-state index contributed by atoms with van der Waals surface area (Å²) in [4.78, 5) is 16.0. The van der Waals surface area contributed by atoms with Crippen molar-refractivity contribution in [3.63, 3.8) is 0 Å². The molecule has 0 amide bonds. The van der Waals surface area contributed by atoms with Crippen molar-refractivity contribution in [2.24, 2.45) is 0 Å². The summed E-state index contributed by atoms with van der Waals surface area (Å²) in [7, 11) is 1.64. The molecule has 2 heterocycles. The van der Waals surface area contributed by atoms with Gasteiger partial charge in [0.2, 0.25) is 0 Å². The molecule has 2 aromatic heterocycles. The van der Waals surface area contributed by atoms with Gasteiger partial charge in [-0.25, -0.2) is 9.78 Å². The van der Waals surface area contributed by atoms with Crippen LogP contribution in [0.5, 0.6) is 0 Å². The van der Waals surface area contributed by atoms with Crippen LogP contribution < -0.4 is 0 Å². The van der Waals surface area contributed by atoms with E-state index in [0.717, 1.165) is 5.82 Å². The van der Waals surface area contributed by atoms with Crippen LogP contribution in [0.3, 0.4) is 0 Å². The second kappa shape index (κ2) is 6.86. The van der Waals surface area contributed by atoms with Crippen LogP contribution in [-0.4, -0.2) is 35.3 Å². The third kappa shape index (κ3) is 3.68. The molecular formula is C15H18N2O3. The van der Waals surface area contributed by atoms with E-state index in [1.54, 1.807) is 19.2 Å². The molecule has 0 spiro atoms. The molecule has 106 valence electrons. The van der Waals surface area contributed by atoms with Gasteiger partial charge in [0.15, 0.2) is 0 Å². The maximum atomic E-state index is 11.8. The van der Waals surface area contributed by atoms with Crippen molar-refractivity contribution in [3.8, 4) is 5.82 Å². The van der Waals surface area contributed by atoms with Crippen LogP contribution in [0.15, 0.2) is 42.9 Å². The van der Waals surface area contributed by atoms with Gasteiger partial charge in [0, 0.05) is 32.1 Å². The van der Waals surface area contributed by atoms with Crippen molar-refractivity contribution >= 4 is 5.97 Å². The first-order valence-corrected chi connectivity index (χ1v) is 6.50. The lowest BCUT2D eigenvalue weighted by molar-refractivity contribution is 0.0390. The normalized spacial score (nSPS) is 12.1. The predicted octanol–water partition coefficient (Wildman–Crippen LogP) is 2.45. The molecule has 2 rings (SSSR count). The quantitative estimate of drug-likeness (QED) is 0.759. The van der Waals surface area contributed by atoms with Crippen LogP contribution in [0.25, 0.3) is 5.82 Å². The average molecular weight is 274 g/mol. The Balaban J connectivity index is 1.91. The lowest BCUT2D eigenvalue weighted by Gasteiger charge is -2.09. The van der Waals surface area contributed by atoms with E-state index in [0.29, 0.717) is 18.6 Å². The number of carbonyl (C=O) groups is 1. The van der Waals surface area contributed by atoms with Gasteiger partial charge in [-0.2, -0.15) is 0 Å². The smallest absolute Gasteiger partial charge is 0.339 e. The molecule has 0 N–H and O–H groups in total. The number of pyridine rings is 1. The Labute approximate surface area is 118 Å². The van der Waals surface area contributed by atoms with Gasteiger partial charge in [0.25, 0.3) is 0 Å². The van der Waals surface area contributed by atoms with Gasteiger partial charge in [-0.15, -0.1) is 0 Å². The van der Waals surface area contributed by atoms with E-state index < -0.39 is 0 Å². The lowest BCUT2D eigenvalue weighted by atomic mass is 10.3. The van der Waals surface area contributed by atoms with Gasteiger partial charge in [-0.1, -0.05) is 0 Å². The molecule has 20 heavy (non-hydrogen) atoms. The number of rotatable bonds is 6. The minimum atomic E-state index is -0.361. The Morgan fingerprint density at radius 1 is 1.35 bits per heavy atom. The maximum absolute atomic E-state index is 11.8. The Morgan fingerprint density at radius 3 is 2.70 bits per heavy atom. The molecule has 0 fully saturated rings. The van der Waals surface area contributed by atoms with E-state index in [1.165, 1.54) is 6.20 Å². The molecule has 0 unspecified atom stereocenters. The monoisotopic (exact) mass is 274 g/mol. The molecule has 1 atom stereocenters. The molecule has 5 nitrogen and oxygen atoms in total. The standard InChI is InChI=1S/C15H18N2O3/c1-12(19-2)7-10-20-15(18)13-5-6-14(16-11-13)17-8-3-4-9-17/h3-6,8-9,11-12H,7,10H2,1-2H3/t12-/m0/s1. The summed E-state index contributed by atoms with van der Waals surface area (Å²) in [6.07, 6.45) is 6.07. The first-order chi connectivity index (χ1) is 9.70. The molecule has 0 radical (unpaired) electrons. The highest BCUT2D eigenvalue weighted by atomic mass is 16.5. The summed E-state index contributed by atoms with van der Waals surface area (Å²) in [5.74, 6) is 0.402. The van der Waals surface area contributed by atoms with Gasteiger partial charge in [0.1, 0.15) is 5.82 Å². The van der Waals surface area contributed by atoms with Crippen molar-refractivity contribution in [1.82, 2.24) is 9.55 Å². The van der Waals surface area contributed by atoms with E-state index in [2.05, 4.69) is 4.98 Å². The van der Waals surface area contributed by atoms with Gasteiger partial charge in [-0.05, 0) is 31.2 Å². The SMILES string of the molecule is CO[C@@H](C)CCOC(=O)c1ccc(-n2cccc2)nc1. The highest BCUT2D eigenvalue weighted by molar-refractivity contribution is 5.89. The number of hydrogen-bond acceptors (Lipinski definition) is 4. The van der Waals surface area contributed by atoms with E-state index in [4.69, 9.17) is 9.47 Å². The fourth-order valence-electron chi connectivity index (χ4n) is 1.67. The first-order valence-electron chi connectivity index (χ1n) is 6.50. The van der Waals surface area contributed by atoms with Crippen molar-refractivity contribution < 1.29 is 14.3 Å². The maximum Gasteiger partial charge on any atom is 0.339 e. The topological polar surface area (TPSA) is 53.4 Å². The second-order valence-electron chi connectivity index (χ2n) is 4.47. The fourth-order valence-corrected chi connectivity index (χ4v) is 1.67. The molecule has 0 saturated heterocycles.